The van der Waals surface area contributed by atoms with Gasteiger partial charge in [0.15, 0.2) is 11.6 Å². The molecule has 0 heterocycles. The summed E-state index contributed by atoms with van der Waals surface area (Å²) >= 11 is 0. The highest BCUT2D eigenvalue weighted by Gasteiger charge is 2.22. The van der Waals surface area contributed by atoms with Crippen LogP contribution in [0, 0.1) is 46.5 Å². The Kier molecular flexibility index (Phi) is 6.33. The number of fused-ring (bicyclic) bond motifs is 1. The van der Waals surface area contributed by atoms with Crippen molar-refractivity contribution >= 4 is 10.8 Å². The molecule has 3 aromatic carbocycles. The molecule has 0 bridgehead atoms. The van der Waals surface area contributed by atoms with Crippen LogP contribution >= 0.6 is 0 Å². The average molecular weight is 429 g/mol. The summed E-state index contributed by atoms with van der Waals surface area (Å²) in [6, 6.07) is 14.1. The Morgan fingerprint density at radius 1 is 0.938 bits per heavy atom. The van der Waals surface area contributed by atoms with Gasteiger partial charge in [0.25, 0.3) is 0 Å². The van der Waals surface area contributed by atoms with E-state index in [1.54, 1.807) is 6.07 Å². The summed E-state index contributed by atoms with van der Waals surface area (Å²) in [7, 11) is 0. The number of allylic oxidation sites excluding steroid dienone is 1. The maximum absolute atomic E-state index is 14.2. The fraction of sp³-hybridized carbons (Fsp3) is 0.250. The molecule has 0 unspecified atom stereocenters. The highest BCUT2D eigenvalue weighted by Crippen LogP contribution is 2.38. The van der Waals surface area contributed by atoms with Gasteiger partial charge < -0.3 is 0 Å². The van der Waals surface area contributed by atoms with Crippen molar-refractivity contribution in [2.24, 2.45) is 5.92 Å². The number of hydrogen-bond acceptors (Lipinski definition) is 1. The fourth-order valence-corrected chi connectivity index (χ4v) is 4.56. The van der Waals surface area contributed by atoms with E-state index < -0.39 is 28.6 Å². The first-order valence-electron chi connectivity index (χ1n) is 10.7. The molecule has 160 valence electrons. The van der Waals surface area contributed by atoms with Gasteiger partial charge >= 0.3 is 0 Å². The summed E-state index contributed by atoms with van der Waals surface area (Å²) in [4.78, 5) is 0. The molecule has 1 saturated carbocycles. The van der Waals surface area contributed by atoms with Crippen LogP contribution in [0.1, 0.15) is 60.3 Å². The van der Waals surface area contributed by atoms with E-state index in [-0.39, 0.29) is 0 Å². The minimum absolute atomic E-state index is 0.413. The van der Waals surface area contributed by atoms with E-state index in [2.05, 4.69) is 30.6 Å². The largest absolute Gasteiger partial charge is 0.205 e. The summed E-state index contributed by atoms with van der Waals surface area (Å²) in [6.07, 6.45) is 7.85. The topological polar surface area (TPSA) is 23.8 Å². The number of rotatable bonds is 3. The molecular weight excluding hydrogens is 407 g/mol. The van der Waals surface area contributed by atoms with Crippen LogP contribution in [0.4, 0.5) is 13.2 Å². The lowest BCUT2D eigenvalue weighted by molar-refractivity contribution is 0.328. The second-order valence-electron chi connectivity index (χ2n) is 8.30. The predicted molar refractivity (Wildman–Crippen MR) is 120 cm³/mol. The molecule has 0 atom stereocenters. The van der Waals surface area contributed by atoms with Crippen LogP contribution in [0.5, 0.6) is 0 Å². The van der Waals surface area contributed by atoms with Crippen molar-refractivity contribution in [1.29, 1.82) is 5.26 Å². The lowest BCUT2D eigenvalue weighted by atomic mass is 9.77. The van der Waals surface area contributed by atoms with E-state index in [0.717, 1.165) is 29.2 Å². The van der Waals surface area contributed by atoms with Gasteiger partial charge in [0.2, 0.25) is 0 Å². The van der Waals surface area contributed by atoms with Crippen LogP contribution in [0.2, 0.25) is 0 Å². The molecular formula is C28H22F3N. The molecule has 0 spiro atoms. The van der Waals surface area contributed by atoms with Gasteiger partial charge in [-0.2, -0.15) is 5.26 Å². The van der Waals surface area contributed by atoms with E-state index in [4.69, 9.17) is 5.26 Å². The summed E-state index contributed by atoms with van der Waals surface area (Å²) in [5.74, 6) is 2.69. The molecule has 0 aliphatic heterocycles. The van der Waals surface area contributed by atoms with Gasteiger partial charge in [-0.1, -0.05) is 48.2 Å². The molecule has 0 aromatic heterocycles. The number of nitriles is 1. The highest BCUT2D eigenvalue weighted by molar-refractivity contribution is 5.89. The molecule has 32 heavy (non-hydrogen) atoms. The first-order chi connectivity index (χ1) is 15.5. The van der Waals surface area contributed by atoms with Crippen molar-refractivity contribution in [3.8, 4) is 17.9 Å². The maximum atomic E-state index is 14.2. The van der Waals surface area contributed by atoms with E-state index in [0.29, 0.717) is 11.5 Å². The van der Waals surface area contributed by atoms with Gasteiger partial charge in [-0.15, -0.1) is 6.58 Å². The Labute approximate surface area is 186 Å². The zero-order valence-corrected chi connectivity index (χ0v) is 17.6. The second kappa shape index (κ2) is 9.33. The van der Waals surface area contributed by atoms with Gasteiger partial charge in [0.05, 0.1) is 5.56 Å². The number of hydrogen-bond donors (Lipinski definition) is 0. The summed E-state index contributed by atoms with van der Waals surface area (Å²) in [5.41, 5.74) is 0.600. The zero-order valence-electron chi connectivity index (χ0n) is 17.6. The molecule has 1 aliphatic rings. The van der Waals surface area contributed by atoms with Crippen LogP contribution < -0.4 is 0 Å². The SMILES string of the molecule is C=CCC1CCC(c2ccc3c(C#Cc4cc(F)c(C#N)c(F)c4F)cccc3c2)CC1. The summed E-state index contributed by atoms with van der Waals surface area (Å²) in [6.45, 7) is 3.85. The molecule has 4 rings (SSSR count). The summed E-state index contributed by atoms with van der Waals surface area (Å²) < 4.78 is 41.9. The van der Waals surface area contributed by atoms with Crippen LogP contribution in [0.15, 0.2) is 55.1 Å². The Balaban J connectivity index is 1.63. The molecule has 1 fully saturated rings. The average Bonchev–Trinajstić information content (AvgIpc) is 2.81. The minimum atomic E-state index is -1.51. The van der Waals surface area contributed by atoms with Gasteiger partial charge in [0, 0.05) is 5.56 Å². The molecule has 0 radical (unpaired) electrons. The lowest BCUT2D eigenvalue weighted by Gasteiger charge is -2.28. The van der Waals surface area contributed by atoms with Crippen molar-refractivity contribution in [3.05, 3.63) is 94.8 Å². The van der Waals surface area contributed by atoms with E-state index in [9.17, 15) is 13.2 Å². The minimum Gasteiger partial charge on any atom is -0.205 e. The van der Waals surface area contributed by atoms with Crippen molar-refractivity contribution in [1.82, 2.24) is 0 Å². The van der Waals surface area contributed by atoms with Gasteiger partial charge in [0.1, 0.15) is 17.4 Å². The van der Waals surface area contributed by atoms with Crippen molar-refractivity contribution in [3.63, 3.8) is 0 Å². The fourth-order valence-electron chi connectivity index (χ4n) is 4.56. The quantitative estimate of drug-likeness (QED) is 0.242. The monoisotopic (exact) mass is 429 g/mol. The first kappa shape index (κ1) is 21.7. The third-order valence-electron chi connectivity index (χ3n) is 6.32. The summed E-state index contributed by atoms with van der Waals surface area (Å²) in [5, 5.41) is 10.7. The van der Waals surface area contributed by atoms with Crippen LogP contribution in [0.3, 0.4) is 0 Å². The van der Waals surface area contributed by atoms with Gasteiger partial charge in [-0.25, -0.2) is 13.2 Å². The molecule has 1 nitrogen and oxygen atoms in total. The van der Waals surface area contributed by atoms with E-state index >= 15 is 0 Å². The Morgan fingerprint density at radius 2 is 1.69 bits per heavy atom. The molecule has 0 saturated heterocycles. The Morgan fingerprint density at radius 3 is 2.41 bits per heavy atom. The first-order valence-corrected chi connectivity index (χ1v) is 10.7. The van der Waals surface area contributed by atoms with E-state index in [1.165, 1.54) is 37.3 Å². The molecule has 3 aromatic rings. The lowest BCUT2D eigenvalue weighted by Crippen LogP contribution is -2.12. The van der Waals surface area contributed by atoms with Crippen molar-refractivity contribution < 1.29 is 13.2 Å². The Hall–Kier alpha value is -3.50. The molecule has 0 amide bonds. The third kappa shape index (κ3) is 4.27. The highest BCUT2D eigenvalue weighted by atomic mass is 19.2. The van der Waals surface area contributed by atoms with E-state index in [1.807, 2.05) is 24.3 Å². The van der Waals surface area contributed by atoms with Gasteiger partial charge in [-0.05, 0) is 72.4 Å². The molecule has 0 N–H and O–H groups in total. The second-order valence-corrected chi connectivity index (χ2v) is 8.30. The van der Waals surface area contributed by atoms with Crippen LogP contribution in [0.25, 0.3) is 10.8 Å². The van der Waals surface area contributed by atoms with Crippen LogP contribution in [-0.2, 0) is 0 Å². The smallest absolute Gasteiger partial charge is 0.180 e. The number of halogens is 3. The number of nitrogens with zero attached hydrogens (tertiary/aromatic N) is 1. The van der Waals surface area contributed by atoms with Gasteiger partial charge in [-0.3, -0.25) is 0 Å². The predicted octanol–water partition coefficient (Wildman–Crippen LogP) is 7.38. The normalized spacial score (nSPS) is 17.9. The van der Waals surface area contributed by atoms with Crippen LogP contribution in [-0.4, -0.2) is 0 Å². The zero-order chi connectivity index (χ0) is 22.7. The maximum Gasteiger partial charge on any atom is 0.180 e. The van der Waals surface area contributed by atoms with Crippen molar-refractivity contribution in [2.45, 2.75) is 38.0 Å². The number of benzene rings is 3. The van der Waals surface area contributed by atoms with Crippen molar-refractivity contribution in [2.75, 3.05) is 0 Å². The molecule has 4 heteroatoms. The molecule has 1 aliphatic carbocycles. The standard InChI is InChI=1S/C28H22F3N/c1-2-4-18-7-9-19(10-8-18)21-13-14-24-20(5-3-6-22(24)15-21)11-12-23-16-26(29)25(17-32)28(31)27(23)30/h2-3,5-6,13-16,18-19H,1,4,7-10H2. The third-order valence-corrected chi connectivity index (χ3v) is 6.32. The Bertz CT molecular complexity index is 1280.